The summed E-state index contributed by atoms with van der Waals surface area (Å²) in [6.45, 7) is 1.15. The fourth-order valence-electron chi connectivity index (χ4n) is 1.85. The molecule has 0 spiro atoms. The number of urea groups is 1. The quantitative estimate of drug-likeness (QED) is 0.822. The topological polar surface area (TPSA) is 78.5 Å². The SMILES string of the molecule is O=C(Nc1csc(Cl)c1)N1CCCCNS(=O)(=O)CC1. The highest BCUT2D eigenvalue weighted by Crippen LogP contribution is 2.24. The molecule has 0 saturated carbocycles. The molecule has 2 N–H and O–H groups in total. The summed E-state index contributed by atoms with van der Waals surface area (Å²) >= 11 is 7.13. The minimum atomic E-state index is -3.29. The first kappa shape index (κ1) is 15.6. The van der Waals surface area contributed by atoms with Crippen LogP contribution in [0.2, 0.25) is 4.34 Å². The Morgan fingerprint density at radius 3 is 2.90 bits per heavy atom. The molecule has 1 aromatic heterocycles. The van der Waals surface area contributed by atoms with Gasteiger partial charge >= 0.3 is 6.03 Å². The van der Waals surface area contributed by atoms with Crippen molar-refractivity contribution in [3.63, 3.8) is 0 Å². The molecule has 9 heteroatoms. The number of carbonyl (C=O) groups excluding carboxylic acids is 1. The third kappa shape index (κ3) is 4.62. The zero-order chi connectivity index (χ0) is 14.6. The van der Waals surface area contributed by atoms with Crippen LogP contribution in [0.1, 0.15) is 12.8 Å². The Hall–Kier alpha value is -0.830. The van der Waals surface area contributed by atoms with E-state index in [9.17, 15) is 13.2 Å². The zero-order valence-electron chi connectivity index (χ0n) is 10.8. The Labute approximate surface area is 127 Å². The van der Waals surface area contributed by atoms with Crippen LogP contribution in [0.3, 0.4) is 0 Å². The van der Waals surface area contributed by atoms with Crippen molar-refractivity contribution >= 4 is 44.7 Å². The number of hydrogen-bond acceptors (Lipinski definition) is 4. The molecule has 0 aromatic carbocycles. The molecule has 0 bridgehead atoms. The standard InChI is InChI=1S/C11H16ClN3O3S2/c12-10-7-9(8-19-10)14-11(16)15-4-2-1-3-13-20(17,18)6-5-15/h7-8,13H,1-6H2,(H,14,16). The van der Waals surface area contributed by atoms with Crippen LogP contribution in [0.4, 0.5) is 10.5 Å². The molecule has 1 aromatic rings. The molecule has 112 valence electrons. The van der Waals surface area contributed by atoms with Crippen LogP contribution in [0.15, 0.2) is 11.4 Å². The van der Waals surface area contributed by atoms with Crippen LogP contribution in [-0.2, 0) is 10.0 Å². The van der Waals surface area contributed by atoms with E-state index in [0.29, 0.717) is 29.5 Å². The van der Waals surface area contributed by atoms with Crippen molar-refractivity contribution in [1.82, 2.24) is 9.62 Å². The molecule has 2 rings (SSSR count). The summed E-state index contributed by atoms with van der Waals surface area (Å²) in [6, 6.07) is 1.37. The monoisotopic (exact) mass is 337 g/mol. The number of thiophene rings is 1. The molecular formula is C11H16ClN3O3S2. The van der Waals surface area contributed by atoms with Gasteiger partial charge in [-0.25, -0.2) is 17.9 Å². The average molecular weight is 338 g/mol. The van der Waals surface area contributed by atoms with Crippen molar-refractivity contribution in [2.75, 3.05) is 30.7 Å². The molecule has 1 aliphatic rings. The van der Waals surface area contributed by atoms with Crippen molar-refractivity contribution < 1.29 is 13.2 Å². The minimum Gasteiger partial charge on any atom is -0.323 e. The molecule has 2 heterocycles. The molecule has 0 unspecified atom stereocenters. The molecule has 1 fully saturated rings. The molecule has 20 heavy (non-hydrogen) atoms. The van der Waals surface area contributed by atoms with E-state index in [1.165, 1.54) is 16.2 Å². The zero-order valence-corrected chi connectivity index (χ0v) is 13.2. The maximum absolute atomic E-state index is 12.1. The fraction of sp³-hybridized carbons (Fsp3) is 0.545. The molecule has 0 aliphatic carbocycles. The summed E-state index contributed by atoms with van der Waals surface area (Å²) in [4.78, 5) is 13.7. The number of rotatable bonds is 1. The second-order valence-corrected chi connectivity index (χ2v) is 7.95. The first-order valence-corrected chi connectivity index (χ1v) is 9.14. The highest BCUT2D eigenvalue weighted by molar-refractivity contribution is 7.89. The van der Waals surface area contributed by atoms with Gasteiger partial charge in [-0.15, -0.1) is 11.3 Å². The Balaban J connectivity index is 1.99. The van der Waals surface area contributed by atoms with Gasteiger partial charge in [0.25, 0.3) is 0 Å². The Morgan fingerprint density at radius 2 is 2.20 bits per heavy atom. The van der Waals surface area contributed by atoms with E-state index >= 15 is 0 Å². The third-order valence-electron chi connectivity index (χ3n) is 2.91. The number of hydrogen-bond donors (Lipinski definition) is 2. The smallest absolute Gasteiger partial charge is 0.321 e. The lowest BCUT2D eigenvalue weighted by atomic mass is 10.3. The van der Waals surface area contributed by atoms with E-state index in [-0.39, 0.29) is 18.3 Å². The van der Waals surface area contributed by atoms with E-state index in [2.05, 4.69) is 10.0 Å². The van der Waals surface area contributed by atoms with Crippen LogP contribution in [0, 0.1) is 0 Å². The predicted octanol–water partition coefficient (Wildman–Crippen LogP) is 1.95. The Bertz CT molecular complexity index is 573. The van der Waals surface area contributed by atoms with Gasteiger partial charge in [-0.1, -0.05) is 11.6 Å². The number of nitrogens with one attached hydrogen (secondary N) is 2. The Kier molecular flexibility index (Phi) is 5.25. The van der Waals surface area contributed by atoms with Crippen LogP contribution in [-0.4, -0.2) is 44.7 Å². The van der Waals surface area contributed by atoms with Crippen molar-refractivity contribution in [3.8, 4) is 0 Å². The summed E-state index contributed by atoms with van der Waals surface area (Å²) in [5.74, 6) is -0.0786. The maximum Gasteiger partial charge on any atom is 0.321 e. The number of sulfonamides is 1. The molecule has 0 radical (unpaired) electrons. The lowest BCUT2D eigenvalue weighted by Gasteiger charge is -2.21. The molecule has 6 nitrogen and oxygen atoms in total. The number of carbonyl (C=O) groups is 1. The predicted molar refractivity (Wildman–Crippen MR) is 80.9 cm³/mol. The molecule has 2 amide bonds. The molecule has 1 aliphatic heterocycles. The summed E-state index contributed by atoms with van der Waals surface area (Å²) in [5, 5.41) is 4.47. The lowest BCUT2D eigenvalue weighted by molar-refractivity contribution is 0.214. The van der Waals surface area contributed by atoms with Crippen LogP contribution < -0.4 is 10.0 Å². The van der Waals surface area contributed by atoms with Crippen molar-refractivity contribution in [1.29, 1.82) is 0 Å². The van der Waals surface area contributed by atoms with Gasteiger partial charge in [-0.05, 0) is 18.9 Å². The van der Waals surface area contributed by atoms with Crippen LogP contribution >= 0.6 is 22.9 Å². The van der Waals surface area contributed by atoms with Crippen molar-refractivity contribution in [3.05, 3.63) is 15.8 Å². The molecular weight excluding hydrogens is 322 g/mol. The maximum atomic E-state index is 12.1. The normalized spacial score (nSPS) is 19.8. The van der Waals surface area contributed by atoms with Gasteiger partial charge in [-0.3, -0.25) is 0 Å². The number of nitrogens with zero attached hydrogens (tertiary/aromatic N) is 1. The summed E-state index contributed by atoms with van der Waals surface area (Å²) < 4.78 is 26.3. The largest absolute Gasteiger partial charge is 0.323 e. The third-order valence-corrected chi connectivity index (χ3v) is 5.37. The van der Waals surface area contributed by atoms with Gasteiger partial charge in [0.15, 0.2) is 0 Å². The average Bonchev–Trinajstić information content (AvgIpc) is 2.79. The van der Waals surface area contributed by atoms with E-state index in [0.717, 1.165) is 6.42 Å². The summed E-state index contributed by atoms with van der Waals surface area (Å²) in [5.41, 5.74) is 0.630. The van der Waals surface area contributed by atoms with Gasteiger partial charge in [0.1, 0.15) is 0 Å². The molecule has 1 saturated heterocycles. The summed E-state index contributed by atoms with van der Waals surface area (Å²) in [7, 11) is -3.29. The van der Waals surface area contributed by atoms with E-state index in [4.69, 9.17) is 11.6 Å². The van der Waals surface area contributed by atoms with Gasteiger partial charge in [0.2, 0.25) is 10.0 Å². The molecule has 0 atom stereocenters. The van der Waals surface area contributed by atoms with Gasteiger partial charge in [-0.2, -0.15) is 0 Å². The number of halogens is 1. The highest BCUT2D eigenvalue weighted by atomic mass is 35.5. The van der Waals surface area contributed by atoms with Crippen LogP contribution in [0.25, 0.3) is 0 Å². The van der Waals surface area contributed by atoms with Gasteiger partial charge < -0.3 is 10.2 Å². The van der Waals surface area contributed by atoms with Crippen molar-refractivity contribution in [2.45, 2.75) is 12.8 Å². The number of anilines is 1. The van der Waals surface area contributed by atoms with E-state index in [1.807, 2.05) is 0 Å². The van der Waals surface area contributed by atoms with Crippen molar-refractivity contribution in [2.24, 2.45) is 0 Å². The summed E-state index contributed by atoms with van der Waals surface area (Å²) in [6.07, 6.45) is 1.48. The second kappa shape index (κ2) is 6.75. The minimum absolute atomic E-state index is 0.0786. The lowest BCUT2D eigenvalue weighted by Crippen LogP contribution is -2.39. The second-order valence-electron chi connectivity index (χ2n) is 4.48. The van der Waals surface area contributed by atoms with E-state index < -0.39 is 10.0 Å². The van der Waals surface area contributed by atoms with Crippen LogP contribution in [0.5, 0.6) is 0 Å². The number of amides is 2. The first-order chi connectivity index (χ1) is 9.46. The van der Waals surface area contributed by atoms with Gasteiger partial charge in [0.05, 0.1) is 15.8 Å². The fourth-order valence-corrected chi connectivity index (χ4v) is 3.72. The highest BCUT2D eigenvalue weighted by Gasteiger charge is 2.19. The first-order valence-electron chi connectivity index (χ1n) is 6.23. The van der Waals surface area contributed by atoms with E-state index in [1.54, 1.807) is 11.4 Å². The van der Waals surface area contributed by atoms with Gasteiger partial charge in [0, 0.05) is 25.0 Å². The Morgan fingerprint density at radius 1 is 1.40 bits per heavy atom.